The Kier molecular flexibility index (Phi) is 3.66. The number of pyridine rings is 1. The molecule has 2 aromatic heterocycles. The summed E-state index contributed by atoms with van der Waals surface area (Å²) < 4.78 is 7.79. The van der Waals surface area contributed by atoms with E-state index in [-0.39, 0.29) is 18.2 Å². The van der Waals surface area contributed by atoms with Crippen molar-refractivity contribution < 1.29 is 4.74 Å². The van der Waals surface area contributed by atoms with E-state index in [1.807, 2.05) is 35.7 Å². The van der Waals surface area contributed by atoms with Crippen LogP contribution < -0.4 is 0 Å². The number of morpholine rings is 1. The molecule has 0 saturated carbocycles. The maximum atomic E-state index is 9.73. The van der Waals surface area contributed by atoms with Crippen LogP contribution in [0.5, 0.6) is 0 Å². The van der Waals surface area contributed by atoms with Crippen molar-refractivity contribution in [1.82, 2.24) is 14.3 Å². The van der Waals surface area contributed by atoms with Crippen LogP contribution in [0.25, 0.3) is 5.65 Å². The van der Waals surface area contributed by atoms with Gasteiger partial charge in [0.15, 0.2) is 0 Å². The maximum absolute atomic E-state index is 9.73. The number of nitriles is 1. The minimum atomic E-state index is -0.295. The topological polar surface area (TPSA) is 53.6 Å². The smallest absolute Gasteiger partial charge is 0.141 e. The molecule has 0 aromatic carbocycles. The van der Waals surface area contributed by atoms with Crippen molar-refractivity contribution in [1.29, 1.82) is 5.26 Å². The van der Waals surface area contributed by atoms with Gasteiger partial charge in [-0.1, -0.05) is 6.07 Å². The number of hydrogen-bond donors (Lipinski definition) is 0. The summed E-state index contributed by atoms with van der Waals surface area (Å²) in [7, 11) is 0. The highest BCUT2D eigenvalue weighted by Gasteiger charge is 2.31. The fourth-order valence-electron chi connectivity index (χ4n) is 3.21. The van der Waals surface area contributed by atoms with Crippen LogP contribution in [0.2, 0.25) is 0 Å². The fraction of sp³-hybridized carbons (Fsp3) is 0.500. The fourth-order valence-corrected chi connectivity index (χ4v) is 3.21. The summed E-state index contributed by atoms with van der Waals surface area (Å²) in [6.45, 7) is 7.61. The number of ether oxygens (including phenoxy) is 1. The van der Waals surface area contributed by atoms with Gasteiger partial charge in [-0.15, -0.1) is 0 Å². The molecule has 0 bridgehead atoms. The first kappa shape index (κ1) is 14.1. The van der Waals surface area contributed by atoms with Crippen molar-refractivity contribution in [3.63, 3.8) is 0 Å². The third-order valence-electron chi connectivity index (χ3n) is 3.95. The molecule has 1 saturated heterocycles. The van der Waals surface area contributed by atoms with E-state index in [0.717, 1.165) is 30.1 Å². The van der Waals surface area contributed by atoms with E-state index in [2.05, 4.69) is 29.8 Å². The molecule has 21 heavy (non-hydrogen) atoms. The van der Waals surface area contributed by atoms with Crippen LogP contribution in [0, 0.1) is 18.3 Å². The first-order chi connectivity index (χ1) is 10.1. The predicted octanol–water partition coefficient (Wildman–Crippen LogP) is 2.32. The summed E-state index contributed by atoms with van der Waals surface area (Å²) in [6, 6.07) is 8.06. The third kappa shape index (κ3) is 2.53. The standard InChI is InChI=1S/C16H20N4O/c1-11-9-19(10-12(2)21-11)14(8-17)16-13(3)18-15-6-4-5-7-20(15)16/h4-7,11-12,14H,9-10H2,1-3H3. The lowest BCUT2D eigenvalue weighted by Gasteiger charge is -2.37. The molecular formula is C16H20N4O. The van der Waals surface area contributed by atoms with Crippen LogP contribution in [-0.2, 0) is 4.74 Å². The quantitative estimate of drug-likeness (QED) is 0.849. The third-order valence-corrected chi connectivity index (χ3v) is 3.95. The number of imidazole rings is 1. The molecular weight excluding hydrogens is 264 g/mol. The molecule has 0 spiro atoms. The molecule has 1 fully saturated rings. The molecule has 3 rings (SSSR count). The van der Waals surface area contributed by atoms with Crippen molar-refractivity contribution in [2.75, 3.05) is 13.1 Å². The Morgan fingerprint density at radius 2 is 2.05 bits per heavy atom. The largest absolute Gasteiger partial charge is 0.373 e. The number of nitrogens with zero attached hydrogens (tertiary/aromatic N) is 4. The van der Waals surface area contributed by atoms with Crippen LogP contribution in [0.3, 0.4) is 0 Å². The maximum Gasteiger partial charge on any atom is 0.141 e. The lowest BCUT2D eigenvalue weighted by molar-refractivity contribution is -0.0754. The van der Waals surface area contributed by atoms with Gasteiger partial charge in [-0.25, -0.2) is 4.98 Å². The molecule has 3 unspecified atom stereocenters. The van der Waals surface area contributed by atoms with Gasteiger partial charge in [0.25, 0.3) is 0 Å². The number of hydrogen-bond acceptors (Lipinski definition) is 4. The van der Waals surface area contributed by atoms with E-state index < -0.39 is 0 Å². The van der Waals surface area contributed by atoms with E-state index in [1.54, 1.807) is 0 Å². The zero-order valence-electron chi connectivity index (χ0n) is 12.7. The van der Waals surface area contributed by atoms with Crippen LogP contribution in [0.4, 0.5) is 0 Å². The molecule has 0 aliphatic carbocycles. The molecule has 1 aliphatic heterocycles. The monoisotopic (exact) mass is 284 g/mol. The zero-order valence-corrected chi connectivity index (χ0v) is 12.7. The van der Waals surface area contributed by atoms with Crippen LogP contribution in [0.1, 0.15) is 31.3 Å². The van der Waals surface area contributed by atoms with Crippen LogP contribution in [-0.4, -0.2) is 39.6 Å². The van der Waals surface area contributed by atoms with Gasteiger partial charge in [0.1, 0.15) is 11.7 Å². The van der Waals surface area contributed by atoms with E-state index in [4.69, 9.17) is 4.74 Å². The second kappa shape index (κ2) is 5.47. The number of fused-ring (bicyclic) bond motifs is 1. The normalized spacial score (nSPS) is 24.9. The lowest BCUT2D eigenvalue weighted by atomic mass is 10.1. The first-order valence-electron chi connectivity index (χ1n) is 7.33. The molecule has 0 N–H and O–H groups in total. The Bertz CT molecular complexity index is 677. The van der Waals surface area contributed by atoms with Crippen molar-refractivity contribution in [2.24, 2.45) is 0 Å². The summed E-state index contributed by atoms with van der Waals surface area (Å²) >= 11 is 0. The predicted molar refractivity (Wildman–Crippen MR) is 79.9 cm³/mol. The Hall–Kier alpha value is -1.90. The molecule has 5 heteroatoms. The Morgan fingerprint density at radius 3 is 2.71 bits per heavy atom. The molecule has 1 aliphatic rings. The molecule has 0 amide bonds. The number of rotatable bonds is 2. The van der Waals surface area contributed by atoms with E-state index in [9.17, 15) is 5.26 Å². The minimum absolute atomic E-state index is 0.143. The lowest BCUT2D eigenvalue weighted by Crippen LogP contribution is -2.47. The Labute approximate surface area is 124 Å². The highest BCUT2D eigenvalue weighted by atomic mass is 16.5. The van der Waals surface area contributed by atoms with Crippen molar-refractivity contribution in [3.05, 3.63) is 35.8 Å². The number of aryl methyl sites for hydroxylation is 1. The zero-order chi connectivity index (χ0) is 15.0. The average molecular weight is 284 g/mol. The minimum Gasteiger partial charge on any atom is -0.373 e. The van der Waals surface area contributed by atoms with Gasteiger partial charge in [0, 0.05) is 19.3 Å². The van der Waals surface area contributed by atoms with Crippen molar-refractivity contribution in [3.8, 4) is 6.07 Å². The highest BCUT2D eigenvalue weighted by Crippen LogP contribution is 2.27. The SMILES string of the molecule is Cc1nc2ccccn2c1C(C#N)N1CC(C)OC(C)C1. The summed E-state index contributed by atoms with van der Waals surface area (Å²) in [4.78, 5) is 6.77. The first-order valence-corrected chi connectivity index (χ1v) is 7.33. The Balaban J connectivity index is 2.03. The molecule has 3 heterocycles. The molecule has 3 atom stereocenters. The van der Waals surface area contributed by atoms with Gasteiger partial charge in [-0.2, -0.15) is 5.26 Å². The van der Waals surface area contributed by atoms with Gasteiger partial charge in [-0.05, 0) is 32.9 Å². The van der Waals surface area contributed by atoms with Crippen molar-refractivity contribution in [2.45, 2.75) is 39.0 Å². The highest BCUT2D eigenvalue weighted by molar-refractivity contribution is 5.44. The molecule has 110 valence electrons. The molecule has 5 nitrogen and oxygen atoms in total. The second-order valence-corrected chi connectivity index (χ2v) is 5.75. The summed E-state index contributed by atoms with van der Waals surface area (Å²) in [5.41, 5.74) is 2.77. The molecule has 2 aromatic rings. The summed E-state index contributed by atoms with van der Waals surface area (Å²) in [5.74, 6) is 0. The van der Waals surface area contributed by atoms with Crippen LogP contribution >= 0.6 is 0 Å². The van der Waals surface area contributed by atoms with Gasteiger partial charge >= 0.3 is 0 Å². The number of aromatic nitrogens is 2. The summed E-state index contributed by atoms with van der Waals surface area (Å²) in [5, 5.41) is 9.73. The van der Waals surface area contributed by atoms with E-state index in [1.165, 1.54) is 0 Å². The van der Waals surface area contributed by atoms with Gasteiger partial charge in [0.05, 0.1) is 29.7 Å². The van der Waals surface area contributed by atoms with Crippen molar-refractivity contribution >= 4 is 5.65 Å². The van der Waals surface area contributed by atoms with Crippen LogP contribution in [0.15, 0.2) is 24.4 Å². The van der Waals surface area contributed by atoms with Gasteiger partial charge in [-0.3, -0.25) is 4.90 Å². The molecule has 0 radical (unpaired) electrons. The van der Waals surface area contributed by atoms with Gasteiger partial charge in [0.2, 0.25) is 0 Å². The van der Waals surface area contributed by atoms with E-state index in [0.29, 0.717) is 0 Å². The second-order valence-electron chi connectivity index (χ2n) is 5.75. The van der Waals surface area contributed by atoms with E-state index >= 15 is 0 Å². The Morgan fingerprint density at radius 1 is 1.33 bits per heavy atom. The van der Waals surface area contributed by atoms with Gasteiger partial charge < -0.3 is 9.14 Å². The average Bonchev–Trinajstić information content (AvgIpc) is 2.76. The summed E-state index contributed by atoms with van der Waals surface area (Å²) in [6.07, 6.45) is 2.26.